The molecule has 16 heteroatoms. The molecule has 0 aliphatic heterocycles. The summed E-state index contributed by atoms with van der Waals surface area (Å²) in [5, 5.41) is 60.3. The van der Waals surface area contributed by atoms with Gasteiger partial charge in [-0.05, 0) is 0 Å². The second kappa shape index (κ2) is 25.0. The van der Waals surface area contributed by atoms with Crippen LogP contribution in [0.4, 0.5) is 0 Å². The Morgan fingerprint density at radius 2 is 0.786 bits per heavy atom. The van der Waals surface area contributed by atoms with Crippen molar-refractivity contribution in [1.82, 2.24) is 0 Å². The standard InChI is InChI=1S/C4H6O4.C3H4O4.C2H2O4.C2H4O2.CH2O2/c5-3(6)1-2-4(7)8;4-2(5)1-3(6)7;3-1(4)2(5)6;1-2(3)4;2-1-3/h1-2H2,(H,5,6)(H,7,8);1H2,(H,4,5)(H,6,7);(H,3,4)(H,5,6);1H3,(H,3,4);1H,(H,2,3). The van der Waals surface area contributed by atoms with Gasteiger partial charge < -0.3 is 40.9 Å². The van der Waals surface area contributed by atoms with E-state index in [1.54, 1.807) is 0 Å². The highest BCUT2D eigenvalue weighted by Gasteiger charge is 2.04. The molecular formula is C12H18O16. The van der Waals surface area contributed by atoms with Gasteiger partial charge in [0.25, 0.3) is 12.4 Å². The number of rotatable bonds is 5. The zero-order chi connectivity index (χ0) is 23.9. The summed E-state index contributed by atoms with van der Waals surface area (Å²) in [5.41, 5.74) is 0. The summed E-state index contributed by atoms with van der Waals surface area (Å²) in [6.07, 6.45) is -1.40. The third kappa shape index (κ3) is 122. The van der Waals surface area contributed by atoms with E-state index in [0.29, 0.717) is 0 Å². The Labute approximate surface area is 154 Å². The molecular weight excluding hydrogens is 400 g/mol. The summed E-state index contributed by atoms with van der Waals surface area (Å²) in [7, 11) is 0. The molecule has 0 aromatic heterocycles. The summed E-state index contributed by atoms with van der Waals surface area (Å²) < 4.78 is 0. The van der Waals surface area contributed by atoms with E-state index in [0.717, 1.165) is 6.92 Å². The van der Waals surface area contributed by atoms with Crippen LogP contribution in [0, 0.1) is 0 Å². The largest absolute Gasteiger partial charge is 0.483 e. The van der Waals surface area contributed by atoms with Crippen LogP contribution in [0.1, 0.15) is 26.2 Å². The lowest BCUT2D eigenvalue weighted by atomic mass is 10.3. The van der Waals surface area contributed by atoms with E-state index in [1.165, 1.54) is 0 Å². The molecule has 0 aromatic rings. The van der Waals surface area contributed by atoms with Gasteiger partial charge in [-0.1, -0.05) is 0 Å². The lowest BCUT2D eigenvalue weighted by Crippen LogP contribution is -2.09. The van der Waals surface area contributed by atoms with Crippen LogP contribution in [-0.2, 0) is 38.4 Å². The summed E-state index contributed by atoms with van der Waals surface area (Å²) in [4.78, 5) is 73.7. The fraction of sp³-hybridized carbons (Fsp3) is 0.333. The molecule has 0 aromatic carbocycles. The van der Waals surface area contributed by atoms with Crippen LogP contribution in [-0.4, -0.2) is 89.1 Å². The molecule has 28 heavy (non-hydrogen) atoms. The lowest BCUT2D eigenvalue weighted by Gasteiger charge is -1.85. The Morgan fingerprint density at radius 1 is 0.607 bits per heavy atom. The maximum atomic E-state index is 9.64. The molecule has 0 aliphatic carbocycles. The van der Waals surface area contributed by atoms with Crippen molar-refractivity contribution < 1.29 is 79.2 Å². The van der Waals surface area contributed by atoms with Crippen molar-refractivity contribution in [3.63, 3.8) is 0 Å². The van der Waals surface area contributed by atoms with Crippen LogP contribution in [0.25, 0.3) is 0 Å². The van der Waals surface area contributed by atoms with Crippen molar-refractivity contribution >= 4 is 48.3 Å². The molecule has 0 amide bonds. The highest BCUT2D eigenvalue weighted by molar-refractivity contribution is 6.27. The SMILES string of the molecule is CC(=O)O.O=C(O)C(=O)O.O=C(O)CC(=O)O.O=C(O)CCC(=O)O.O=CO. The molecule has 16 nitrogen and oxygen atoms in total. The fourth-order valence-corrected chi connectivity index (χ4v) is 0.343. The molecule has 162 valence electrons. The first kappa shape index (κ1) is 35.0. The third-order valence-corrected chi connectivity index (χ3v) is 1.04. The molecule has 8 N–H and O–H groups in total. The van der Waals surface area contributed by atoms with E-state index in [-0.39, 0.29) is 19.3 Å². The summed E-state index contributed by atoms with van der Waals surface area (Å²) in [6, 6.07) is 0. The molecule has 0 bridgehead atoms. The summed E-state index contributed by atoms with van der Waals surface area (Å²) in [5.74, 6) is -9.26. The first-order valence-corrected chi connectivity index (χ1v) is 6.15. The highest BCUT2D eigenvalue weighted by Crippen LogP contribution is 1.86. The molecule has 0 spiro atoms. The quantitative estimate of drug-likeness (QED) is 0.142. The van der Waals surface area contributed by atoms with Gasteiger partial charge in [0.1, 0.15) is 6.42 Å². The van der Waals surface area contributed by atoms with E-state index in [4.69, 9.17) is 60.0 Å². The van der Waals surface area contributed by atoms with E-state index < -0.39 is 48.2 Å². The van der Waals surface area contributed by atoms with Crippen LogP contribution in [0.15, 0.2) is 0 Å². The van der Waals surface area contributed by atoms with E-state index >= 15 is 0 Å². The normalized spacial score (nSPS) is 7.32. The van der Waals surface area contributed by atoms with Gasteiger partial charge in [0, 0.05) is 6.92 Å². The minimum Gasteiger partial charge on any atom is -0.483 e. The van der Waals surface area contributed by atoms with Gasteiger partial charge in [0.2, 0.25) is 0 Å². The Morgan fingerprint density at radius 3 is 0.821 bits per heavy atom. The number of hydrogen-bond donors (Lipinski definition) is 8. The van der Waals surface area contributed by atoms with Crippen LogP contribution >= 0.6 is 0 Å². The van der Waals surface area contributed by atoms with E-state index in [9.17, 15) is 19.2 Å². The van der Waals surface area contributed by atoms with Gasteiger partial charge in [0.15, 0.2) is 0 Å². The monoisotopic (exact) mass is 418 g/mol. The fourth-order valence-electron chi connectivity index (χ4n) is 0.343. The smallest absolute Gasteiger partial charge is 0.414 e. The van der Waals surface area contributed by atoms with E-state index in [2.05, 4.69) is 0 Å². The molecule has 0 atom stereocenters. The zero-order valence-electron chi connectivity index (χ0n) is 14.0. The number of hydrogen-bond acceptors (Lipinski definition) is 8. The Bertz CT molecular complexity index is 492. The molecule has 0 aliphatic rings. The Balaban J connectivity index is -0.0000000819. The average molecular weight is 418 g/mol. The molecule has 0 radical (unpaired) electrons. The van der Waals surface area contributed by atoms with Gasteiger partial charge in [-0.15, -0.1) is 0 Å². The van der Waals surface area contributed by atoms with Crippen molar-refractivity contribution in [2.45, 2.75) is 26.2 Å². The maximum Gasteiger partial charge on any atom is 0.414 e. The zero-order valence-corrected chi connectivity index (χ0v) is 14.0. The van der Waals surface area contributed by atoms with Crippen molar-refractivity contribution in [3.8, 4) is 0 Å². The number of carbonyl (C=O) groups is 8. The molecule has 0 saturated carbocycles. The van der Waals surface area contributed by atoms with Gasteiger partial charge in [-0.3, -0.25) is 28.8 Å². The molecule has 0 unspecified atom stereocenters. The van der Waals surface area contributed by atoms with Crippen LogP contribution in [0.2, 0.25) is 0 Å². The molecule has 0 rings (SSSR count). The van der Waals surface area contributed by atoms with Gasteiger partial charge >= 0.3 is 35.8 Å². The van der Waals surface area contributed by atoms with Crippen LogP contribution < -0.4 is 0 Å². The van der Waals surface area contributed by atoms with Gasteiger partial charge in [-0.2, -0.15) is 0 Å². The second-order valence-electron chi connectivity index (χ2n) is 3.49. The number of carboxylic acid groups (broad SMARTS) is 8. The van der Waals surface area contributed by atoms with E-state index in [1.807, 2.05) is 0 Å². The Hall–Kier alpha value is -4.24. The minimum atomic E-state index is -1.82. The second-order valence-corrected chi connectivity index (χ2v) is 3.49. The highest BCUT2D eigenvalue weighted by atomic mass is 16.4. The van der Waals surface area contributed by atoms with Crippen molar-refractivity contribution in [1.29, 1.82) is 0 Å². The predicted octanol–water partition coefficient (Wildman–Crippen LogP) is -1.57. The molecule has 0 heterocycles. The maximum absolute atomic E-state index is 9.64. The van der Waals surface area contributed by atoms with Crippen LogP contribution in [0.3, 0.4) is 0 Å². The van der Waals surface area contributed by atoms with Crippen molar-refractivity contribution in [2.75, 3.05) is 0 Å². The minimum absolute atomic E-state index is 0.250. The third-order valence-electron chi connectivity index (χ3n) is 1.04. The lowest BCUT2D eigenvalue weighted by molar-refractivity contribution is -0.159. The van der Waals surface area contributed by atoms with Crippen molar-refractivity contribution in [3.05, 3.63) is 0 Å². The first-order valence-electron chi connectivity index (χ1n) is 6.15. The number of aliphatic carboxylic acids is 7. The average Bonchev–Trinajstić information content (AvgIpc) is 2.45. The van der Waals surface area contributed by atoms with Crippen molar-refractivity contribution in [2.24, 2.45) is 0 Å². The van der Waals surface area contributed by atoms with Gasteiger partial charge in [-0.25, -0.2) is 9.59 Å². The first-order chi connectivity index (χ1) is 12.5. The van der Waals surface area contributed by atoms with Gasteiger partial charge in [0.05, 0.1) is 12.8 Å². The summed E-state index contributed by atoms with van der Waals surface area (Å²) >= 11 is 0. The van der Waals surface area contributed by atoms with Crippen LogP contribution in [0.5, 0.6) is 0 Å². The predicted molar refractivity (Wildman–Crippen MR) is 81.7 cm³/mol. The molecule has 0 saturated heterocycles. The number of carboxylic acids is 7. The molecule has 0 fully saturated rings. The summed E-state index contributed by atoms with van der Waals surface area (Å²) in [6.45, 7) is 0.833. The topological polar surface area (TPSA) is 298 Å². The Kier molecular flexibility index (Phi) is 31.2.